The number of phenols is 1. The summed E-state index contributed by atoms with van der Waals surface area (Å²) in [6, 6.07) is 6.56. The van der Waals surface area contributed by atoms with E-state index in [0.717, 1.165) is 25.7 Å². The number of Topliss-reactive ketones (excluding diaryl/α,β-unsaturated/α-hetero) is 1. The molecule has 1 amide bonds. The number of methoxy groups -OCH3 is 3. The van der Waals surface area contributed by atoms with Crippen LogP contribution in [0.25, 0.3) is 5.76 Å². The molecule has 34 heavy (non-hydrogen) atoms. The van der Waals surface area contributed by atoms with Crippen LogP contribution in [0.4, 0.5) is 0 Å². The number of phenolic OH excluding ortho intramolecular Hbond substituents is 1. The molecular weight excluding hydrogens is 462 g/mol. The van der Waals surface area contributed by atoms with Crippen molar-refractivity contribution in [3.05, 3.63) is 52.1 Å². The highest BCUT2D eigenvalue weighted by Crippen LogP contribution is 2.46. The molecule has 8 nitrogen and oxygen atoms in total. The van der Waals surface area contributed by atoms with Crippen LogP contribution in [-0.2, 0) is 9.59 Å². The monoisotopic (exact) mass is 487 g/mol. The van der Waals surface area contributed by atoms with Crippen LogP contribution in [-0.4, -0.2) is 54.2 Å². The van der Waals surface area contributed by atoms with E-state index in [2.05, 4.69) is 0 Å². The predicted octanol–water partition coefficient (Wildman–Crippen LogP) is 4.44. The van der Waals surface area contributed by atoms with Crippen LogP contribution in [0.1, 0.15) is 42.9 Å². The van der Waals surface area contributed by atoms with Crippen molar-refractivity contribution in [2.45, 2.75) is 37.8 Å². The van der Waals surface area contributed by atoms with Crippen molar-refractivity contribution in [3.63, 3.8) is 0 Å². The third kappa shape index (κ3) is 3.92. The van der Waals surface area contributed by atoms with Gasteiger partial charge in [0.05, 0.1) is 43.5 Å². The highest BCUT2D eigenvalue weighted by molar-refractivity contribution is 6.46. The van der Waals surface area contributed by atoms with Gasteiger partial charge in [-0.1, -0.05) is 30.5 Å². The molecule has 2 N–H and O–H groups in total. The first-order chi connectivity index (χ1) is 16.3. The molecule has 1 heterocycles. The number of hydrogen-bond donors (Lipinski definition) is 2. The molecule has 4 rings (SSSR count). The van der Waals surface area contributed by atoms with E-state index in [9.17, 15) is 19.8 Å². The van der Waals surface area contributed by atoms with Gasteiger partial charge in [0.2, 0.25) is 0 Å². The van der Waals surface area contributed by atoms with Gasteiger partial charge in [-0.25, -0.2) is 0 Å². The second-order valence-corrected chi connectivity index (χ2v) is 8.67. The summed E-state index contributed by atoms with van der Waals surface area (Å²) in [5.41, 5.74) is 0.547. The van der Waals surface area contributed by atoms with Crippen LogP contribution in [0.15, 0.2) is 35.9 Å². The summed E-state index contributed by atoms with van der Waals surface area (Å²) in [7, 11) is 4.27. The van der Waals surface area contributed by atoms with E-state index in [1.54, 1.807) is 12.1 Å². The van der Waals surface area contributed by atoms with Gasteiger partial charge in [-0.2, -0.15) is 0 Å². The lowest BCUT2D eigenvalue weighted by molar-refractivity contribution is -0.141. The van der Waals surface area contributed by atoms with Gasteiger partial charge in [0.15, 0.2) is 11.5 Å². The Kier molecular flexibility index (Phi) is 6.61. The summed E-state index contributed by atoms with van der Waals surface area (Å²) < 4.78 is 15.8. The Hall–Kier alpha value is -3.39. The van der Waals surface area contributed by atoms with E-state index in [1.165, 1.54) is 44.4 Å². The van der Waals surface area contributed by atoms with Crippen LogP contribution in [0.2, 0.25) is 5.02 Å². The molecule has 2 fully saturated rings. The van der Waals surface area contributed by atoms with Crippen molar-refractivity contribution in [2.75, 3.05) is 21.3 Å². The number of hydrogen-bond acceptors (Lipinski definition) is 7. The fourth-order valence-electron chi connectivity index (χ4n) is 4.80. The molecule has 0 aromatic heterocycles. The van der Waals surface area contributed by atoms with Crippen LogP contribution >= 0.6 is 11.6 Å². The molecule has 9 heteroatoms. The summed E-state index contributed by atoms with van der Waals surface area (Å²) in [5.74, 6) is -1.30. The Labute approximate surface area is 202 Å². The standard InChI is InChI=1S/C25H26ClNO7/c1-32-18-9-8-13(10-17(18)28)22-21(24(30)25(31)27(22)14-6-4-5-7-14)23(29)15-11-20(34-3)16(26)12-19(15)33-2/h8-12,14,22,28-29H,4-7H2,1-3H3/b23-21+. The van der Waals surface area contributed by atoms with E-state index < -0.39 is 23.5 Å². The highest BCUT2D eigenvalue weighted by atomic mass is 35.5. The number of amides is 1. The number of nitrogens with zero attached hydrogens (tertiary/aromatic N) is 1. The van der Waals surface area contributed by atoms with Crippen molar-refractivity contribution in [3.8, 4) is 23.0 Å². The molecule has 0 radical (unpaired) electrons. The number of benzene rings is 2. The number of carbonyl (C=O) groups is 2. The number of rotatable bonds is 6. The fraction of sp³-hybridized carbons (Fsp3) is 0.360. The van der Waals surface area contributed by atoms with Crippen molar-refractivity contribution in [1.29, 1.82) is 0 Å². The van der Waals surface area contributed by atoms with Gasteiger partial charge < -0.3 is 29.3 Å². The lowest BCUT2D eigenvalue weighted by Crippen LogP contribution is -2.37. The van der Waals surface area contributed by atoms with Crippen LogP contribution in [0.5, 0.6) is 23.0 Å². The molecule has 1 unspecified atom stereocenters. The molecule has 180 valence electrons. The summed E-state index contributed by atoms with van der Waals surface area (Å²) in [6.45, 7) is 0. The highest BCUT2D eigenvalue weighted by Gasteiger charge is 2.49. The normalized spacial score (nSPS) is 20.1. The third-order valence-electron chi connectivity index (χ3n) is 6.45. The number of aliphatic hydroxyl groups is 1. The maximum absolute atomic E-state index is 13.3. The smallest absolute Gasteiger partial charge is 0.295 e. The zero-order valence-corrected chi connectivity index (χ0v) is 19.9. The second kappa shape index (κ2) is 9.46. The first-order valence-electron chi connectivity index (χ1n) is 10.9. The van der Waals surface area contributed by atoms with Gasteiger partial charge in [-0.05, 0) is 36.6 Å². The molecule has 2 aromatic rings. The minimum atomic E-state index is -0.897. The number of aliphatic hydroxyl groups excluding tert-OH is 1. The van der Waals surface area contributed by atoms with E-state index in [0.29, 0.717) is 5.56 Å². The van der Waals surface area contributed by atoms with E-state index >= 15 is 0 Å². The zero-order valence-electron chi connectivity index (χ0n) is 19.1. The lowest BCUT2D eigenvalue weighted by atomic mass is 9.94. The molecule has 0 bridgehead atoms. The third-order valence-corrected chi connectivity index (χ3v) is 6.74. The topological polar surface area (TPSA) is 106 Å². The Balaban J connectivity index is 1.95. The number of likely N-dealkylation sites (tertiary alicyclic amines) is 1. The molecule has 1 aliphatic carbocycles. The molecule has 1 atom stereocenters. The zero-order chi connectivity index (χ0) is 24.6. The molecule has 1 aliphatic heterocycles. The fourth-order valence-corrected chi connectivity index (χ4v) is 5.03. The summed E-state index contributed by atoms with van der Waals surface area (Å²) in [6.07, 6.45) is 3.39. The quantitative estimate of drug-likeness (QED) is 0.352. The minimum absolute atomic E-state index is 0.0934. The minimum Gasteiger partial charge on any atom is -0.507 e. The van der Waals surface area contributed by atoms with Gasteiger partial charge in [-0.3, -0.25) is 9.59 Å². The Bertz CT molecular complexity index is 1170. The van der Waals surface area contributed by atoms with Crippen molar-refractivity contribution >= 4 is 29.1 Å². The number of ketones is 1. The molecule has 2 aliphatic rings. The maximum atomic E-state index is 13.3. The molecular formula is C25H26ClNO7. The van der Waals surface area contributed by atoms with Crippen molar-refractivity contribution < 1.29 is 34.0 Å². The average molecular weight is 488 g/mol. The van der Waals surface area contributed by atoms with Gasteiger partial charge in [-0.15, -0.1) is 0 Å². The van der Waals surface area contributed by atoms with Crippen LogP contribution in [0, 0.1) is 0 Å². The van der Waals surface area contributed by atoms with Crippen LogP contribution < -0.4 is 14.2 Å². The summed E-state index contributed by atoms with van der Waals surface area (Å²) in [5, 5.41) is 22.1. The Morgan fingerprint density at radius 3 is 2.21 bits per heavy atom. The molecule has 0 spiro atoms. The summed E-state index contributed by atoms with van der Waals surface area (Å²) >= 11 is 6.20. The van der Waals surface area contributed by atoms with E-state index in [-0.39, 0.29) is 45.2 Å². The van der Waals surface area contributed by atoms with Gasteiger partial charge in [0.25, 0.3) is 11.7 Å². The average Bonchev–Trinajstić information content (AvgIpc) is 3.45. The largest absolute Gasteiger partial charge is 0.507 e. The number of carbonyl (C=O) groups excluding carboxylic acids is 2. The molecule has 1 saturated carbocycles. The van der Waals surface area contributed by atoms with Crippen molar-refractivity contribution in [1.82, 2.24) is 4.90 Å². The second-order valence-electron chi connectivity index (χ2n) is 8.26. The Morgan fingerprint density at radius 1 is 0.971 bits per heavy atom. The Morgan fingerprint density at radius 2 is 1.62 bits per heavy atom. The first kappa shape index (κ1) is 23.8. The molecule has 1 saturated heterocycles. The maximum Gasteiger partial charge on any atom is 0.295 e. The van der Waals surface area contributed by atoms with Gasteiger partial charge in [0.1, 0.15) is 17.3 Å². The van der Waals surface area contributed by atoms with Gasteiger partial charge in [0, 0.05) is 12.1 Å². The predicted molar refractivity (Wildman–Crippen MR) is 126 cm³/mol. The lowest BCUT2D eigenvalue weighted by Gasteiger charge is -2.31. The van der Waals surface area contributed by atoms with Crippen LogP contribution in [0.3, 0.4) is 0 Å². The van der Waals surface area contributed by atoms with E-state index in [4.69, 9.17) is 25.8 Å². The van der Waals surface area contributed by atoms with E-state index in [1.807, 2.05) is 0 Å². The summed E-state index contributed by atoms with van der Waals surface area (Å²) in [4.78, 5) is 28.1. The van der Waals surface area contributed by atoms with Gasteiger partial charge >= 0.3 is 0 Å². The number of halogens is 1. The molecule has 2 aromatic carbocycles. The number of ether oxygens (including phenoxy) is 3. The SMILES string of the molecule is COc1ccc(C2/C(=C(\O)c3cc(OC)c(Cl)cc3OC)C(=O)C(=O)N2C2CCCC2)cc1O. The van der Waals surface area contributed by atoms with Crippen molar-refractivity contribution in [2.24, 2.45) is 0 Å². The first-order valence-corrected chi connectivity index (χ1v) is 11.3. The number of aromatic hydroxyl groups is 1.